The Morgan fingerprint density at radius 2 is 1.68 bits per heavy atom. The molecule has 1 aliphatic rings. The van der Waals surface area contributed by atoms with Gasteiger partial charge in [-0.25, -0.2) is 0 Å². The quantitative estimate of drug-likeness (QED) is 0.158. The van der Waals surface area contributed by atoms with E-state index in [0.717, 1.165) is 5.56 Å². The van der Waals surface area contributed by atoms with Gasteiger partial charge in [-0.1, -0.05) is 29.8 Å². The summed E-state index contributed by atoms with van der Waals surface area (Å²) in [7, 11) is 2.86. The number of hydrogen-bond acceptors (Lipinski definition) is 7. The number of aliphatic hydroxyl groups is 1. The molecule has 0 spiro atoms. The first-order chi connectivity index (χ1) is 19.3. The van der Waals surface area contributed by atoms with E-state index < -0.39 is 23.5 Å². The number of ether oxygens (including phenoxy) is 3. The highest BCUT2D eigenvalue weighted by atomic mass is 35.5. The van der Waals surface area contributed by atoms with E-state index in [1.54, 1.807) is 48.8 Å². The van der Waals surface area contributed by atoms with Crippen LogP contribution in [0.15, 0.2) is 90.8 Å². The number of anilines is 1. The van der Waals surface area contributed by atoms with Gasteiger partial charge in [0.15, 0.2) is 0 Å². The van der Waals surface area contributed by atoms with Gasteiger partial charge in [-0.05, 0) is 66.6 Å². The SMILES string of the molecule is COc1cc(OC)c(/C(O)=C2\C(=O)C(=O)N(c3ccc(Oc4cccc(C)c4)cc3)C2c2cccnc2)cc1Cl. The molecule has 3 aromatic carbocycles. The molecule has 0 aliphatic carbocycles. The summed E-state index contributed by atoms with van der Waals surface area (Å²) >= 11 is 6.34. The minimum Gasteiger partial charge on any atom is -0.507 e. The number of hydrogen-bond donors (Lipinski definition) is 1. The van der Waals surface area contributed by atoms with Crippen molar-refractivity contribution in [3.63, 3.8) is 0 Å². The van der Waals surface area contributed by atoms with Crippen LogP contribution >= 0.6 is 11.6 Å². The van der Waals surface area contributed by atoms with E-state index in [2.05, 4.69) is 4.98 Å². The molecule has 1 amide bonds. The Labute approximate surface area is 236 Å². The number of methoxy groups -OCH3 is 2. The molecule has 8 nitrogen and oxygen atoms in total. The number of rotatable bonds is 7. The number of carbonyl (C=O) groups excluding carboxylic acids is 2. The fraction of sp³-hybridized carbons (Fsp3) is 0.129. The number of aryl methyl sites for hydroxylation is 1. The topological polar surface area (TPSA) is 98.2 Å². The van der Waals surface area contributed by atoms with Gasteiger partial charge in [0, 0.05) is 24.1 Å². The average molecular weight is 557 g/mol. The molecule has 1 saturated heterocycles. The van der Waals surface area contributed by atoms with Gasteiger partial charge in [-0.15, -0.1) is 0 Å². The summed E-state index contributed by atoms with van der Waals surface area (Å²) in [4.78, 5) is 32.5. The van der Waals surface area contributed by atoms with Crippen molar-refractivity contribution >= 4 is 34.7 Å². The molecule has 0 bridgehead atoms. The molecule has 1 atom stereocenters. The van der Waals surface area contributed by atoms with Crippen molar-refractivity contribution in [3.05, 3.63) is 112 Å². The summed E-state index contributed by atoms with van der Waals surface area (Å²) in [5.74, 6) is -0.325. The van der Waals surface area contributed by atoms with Gasteiger partial charge in [-0.3, -0.25) is 19.5 Å². The number of aliphatic hydroxyl groups excluding tert-OH is 1. The summed E-state index contributed by atoms with van der Waals surface area (Å²) in [6.45, 7) is 1.97. The van der Waals surface area contributed by atoms with Gasteiger partial charge < -0.3 is 19.3 Å². The van der Waals surface area contributed by atoms with Gasteiger partial charge in [0.1, 0.15) is 28.8 Å². The Hall–Kier alpha value is -4.82. The summed E-state index contributed by atoms with van der Waals surface area (Å²) in [6.07, 6.45) is 3.13. The number of pyridine rings is 1. The Bertz CT molecular complexity index is 1620. The number of amides is 1. The molecule has 1 aliphatic heterocycles. The second-order valence-electron chi connectivity index (χ2n) is 9.05. The lowest BCUT2D eigenvalue weighted by atomic mass is 9.95. The maximum Gasteiger partial charge on any atom is 0.300 e. The van der Waals surface area contributed by atoms with Gasteiger partial charge in [-0.2, -0.15) is 0 Å². The van der Waals surface area contributed by atoms with Crippen LogP contribution in [-0.4, -0.2) is 36.0 Å². The molecule has 1 aromatic heterocycles. The number of Topliss-reactive ketones (excluding diaryl/α,β-unsaturated/α-hetero) is 1. The number of aromatic nitrogens is 1. The minimum absolute atomic E-state index is 0.127. The molecule has 1 unspecified atom stereocenters. The van der Waals surface area contributed by atoms with Crippen LogP contribution in [0, 0.1) is 6.92 Å². The fourth-order valence-corrected chi connectivity index (χ4v) is 4.87. The maximum atomic E-state index is 13.5. The normalized spacial score (nSPS) is 16.2. The van der Waals surface area contributed by atoms with Crippen molar-refractivity contribution in [1.82, 2.24) is 4.98 Å². The van der Waals surface area contributed by atoms with Crippen molar-refractivity contribution in [2.24, 2.45) is 0 Å². The van der Waals surface area contributed by atoms with Crippen molar-refractivity contribution < 1.29 is 28.9 Å². The van der Waals surface area contributed by atoms with Gasteiger partial charge >= 0.3 is 0 Å². The van der Waals surface area contributed by atoms with E-state index in [1.807, 2.05) is 31.2 Å². The summed E-state index contributed by atoms with van der Waals surface area (Å²) in [5.41, 5.74) is 2.04. The first-order valence-electron chi connectivity index (χ1n) is 12.3. The second kappa shape index (κ2) is 11.1. The largest absolute Gasteiger partial charge is 0.507 e. The molecular formula is C31H25ClN2O6. The number of carbonyl (C=O) groups is 2. The first-order valence-corrected chi connectivity index (χ1v) is 12.7. The summed E-state index contributed by atoms with van der Waals surface area (Å²) in [5, 5.41) is 11.7. The smallest absolute Gasteiger partial charge is 0.300 e. The van der Waals surface area contributed by atoms with Crippen molar-refractivity contribution in [2.75, 3.05) is 19.1 Å². The number of nitrogens with zero attached hydrogens (tertiary/aromatic N) is 2. The fourth-order valence-electron chi connectivity index (χ4n) is 4.63. The van der Waals surface area contributed by atoms with Gasteiger partial charge in [0.2, 0.25) is 0 Å². The number of benzene rings is 3. The molecule has 5 rings (SSSR count). The third-order valence-electron chi connectivity index (χ3n) is 6.51. The molecule has 202 valence electrons. The molecular weight excluding hydrogens is 532 g/mol. The zero-order valence-electron chi connectivity index (χ0n) is 21.9. The lowest BCUT2D eigenvalue weighted by Gasteiger charge is -2.25. The predicted molar refractivity (Wildman–Crippen MR) is 151 cm³/mol. The third kappa shape index (κ3) is 4.97. The Morgan fingerprint density at radius 1 is 0.925 bits per heavy atom. The lowest BCUT2D eigenvalue weighted by molar-refractivity contribution is -0.132. The Kier molecular flexibility index (Phi) is 7.44. The summed E-state index contributed by atoms with van der Waals surface area (Å²) < 4.78 is 16.6. The van der Waals surface area contributed by atoms with E-state index in [0.29, 0.717) is 28.5 Å². The second-order valence-corrected chi connectivity index (χ2v) is 9.46. The van der Waals surface area contributed by atoms with Crippen LogP contribution in [0.5, 0.6) is 23.0 Å². The third-order valence-corrected chi connectivity index (χ3v) is 6.81. The average Bonchev–Trinajstić information content (AvgIpc) is 3.23. The first kappa shape index (κ1) is 26.8. The van der Waals surface area contributed by atoms with Crippen molar-refractivity contribution in [3.8, 4) is 23.0 Å². The zero-order chi connectivity index (χ0) is 28.4. The van der Waals surface area contributed by atoms with Crippen LogP contribution in [0.1, 0.15) is 22.7 Å². The molecule has 1 fully saturated rings. The number of halogens is 1. The highest BCUT2D eigenvalue weighted by molar-refractivity contribution is 6.51. The maximum absolute atomic E-state index is 13.5. The van der Waals surface area contributed by atoms with Crippen molar-refractivity contribution in [1.29, 1.82) is 0 Å². The lowest BCUT2D eigenvalue weighted by Crippen LogP contribution is -2.29. The standard InChI is InChI=1S/C31H25ClN2O6/c1-18-6-4-8-22(14-18)40-21-11-9-20(10-12-21)34-28(19-7-5-13-33-17-19)27(30(36)31(34)37)29(35)23-15-24(32)26(39-3)16-25(23)38-2/h4-17,28,35H,1-3H3/b29-27+. The molecule has 9 heteroatoms. The van der Waals surface area contributed by atoms with Crippen LogP contribution < -0.4 is 19.1 Å². The van der Waals surface area contributed by atoms with E-state index in [-0.39, 0.29) is 21.9 Å². The van der Waals surface area contributed by atoms with E-state index >= 15 is 0 Å². The van der Waals surface area contributed by atoms with Crippen LogP contribution in [0.25, 0.3) is 5.76 Å². The predicted octanol–water partition coefficient (Wildman–Crippen LogP) is 6.48. The molecule has 0 saturated carbocycles. The van der Waals surface area contributed by atoms with E-state index in [4.69, 9.17) is 25.8 Å². The molecule has 1 N–H and O–H groups in total. The zero-order valence-corrected chi connectivity index (χ0v) is 22.7. The van der Waals surface area contributed by atoms with Crippen molar-refractivity contribution in [2.45, 2.75) is 13.0 Å². The van der Waals surface area contributed by atoms with Gasteiger partial charge in [0.25, 0.3) is 11.7 Å². The molecule has 2 heterocycles. The minimum atomic E-state index is -0.970. The Morgan fingerprint density at radius 3 is 2.33 bits per heavy atom. The van der Waals surface area contributed by atoms with Crippen LogP contribution in [-0.2, 0) is 9.59 Å². The molecule has 0 radical (unpaired) electrons. The highest BCUT2D eigenvalue weighted by Crippen LogP contribution is 2.44. The van der Waals surface area contributed by atoms with Crippen LogP contribution in [0.3, 0.4) is 0 Å². The monoisotopic (exact) mass is 556 g/mol. The molecule has 4 aromatic rings. The van der Waals surface area contributed by atoms with Gasteiger partial charge in [0.05, 0.1) is 36.4 Å². The number of ketones is 1. The summed E-state index contributed by atoms with van der Waals surface area (Å²) in [6, 6.07) is 19.8. The highest BCUT2D eigenvalue weighted by Gasteiger charge is 2.47. The van der Waals surface area contributed by atoms with E-state index in [9.17, 15) is 14.7 Å². The van der Waals surface area contributed by atoms with E-state index in [1.165, 1.54) is 31.3 Å². The molecule has 40 heavy (non-hydrogen) atoms. The van der Waals surface area contributed by atoms with Crippen LogP contribution in [0.2, 0.25) is 5.02 Å². The Balaban J connectivity index is 1.60. The van der Waals surface area contributed by atoms with Crippen LogP contribution in [0.4, 0.5) is 5.69 Å².